The minimum atomic E-state index is -0.280. The van der Waals surface area contributed by atoms with E-state index in [2.05, 4.69) is 114 Å². The van der Waals surface area contributed by atoms with Crippen molar-refractivity contribution in [2.24, 2.45) is 16.7 Å². The molecule has 0 spiro atoms. The molecule has 6 aromatic carbocycles. The van der Waals surface area contributed by atoms with Crippen LogP contribution in [0.15, 0.2) is 192 Å². The van der Waals surface area contributed by atoms with Crippen LogP contribution >= 0.6 is 47.8 Å². The van der Waals surface area contributed by atoms with Gasteiger partial charge < -0.3 is 54.0 Å². The van der Waals surface area contributed by atoms with E-state index in [-0.39, 0.29) is 70.4 Å². The van der Waals surface area contributed by atoms with Crippen LogP contribution in [0.2, 0.25) is 0 Å². The third-order valence-electron chi connectivity index (χ3n) is 16.9. The van der Waals surface area contributed by atoms with Crippen molar-refractivity contribution in [2.75, 3.05) is 42.4 Å². The maximum absolute atomic E-state index is 11.7. The summed E-state index contributed by atoms with van der Waals surface area (Å²) in [4.78, 5) is 68.6. The Hall–Kier alpha value is -9.40. The SMILES string of the molecule is C.C.CCC(=O)N[C@H]1CC[C@@H](N)C1.CCC(=O)N[C@H]1CC[C@@H](n2cnnc2-c2ccc(-c3nc4ccccc4o3)cc2)C1.CCC(=O)N[C@H]1CC[C@@H](n2cnnc2-c2ccc(Br)cc2)C1.CN(C)/C=N/NC(=O)c1ccc(Br)cc1.COC(OC)N(C)C.NNC(=O)c1ccc(Br)cc1.[2HH].c1ccc2ocnc2c1. The Bertz CT molecular complexity index is 4280. The zero-order chi connectivity index (χ0) is 76.5. The number of fused-ring (bicyclic) bond motifs is 2. The lowest BCUT2D eigenvalue weighted by atomic mass is 10.1. The van der Waals surface area contributed by atoms with Crippen molar-refractivity contribution in [3.05, 3.63) is 189 Å². The predicted molar refractivity (Wildman–Crippen MR) is 437 cm³/mol. The molecule has 3 aliphatic carbocycles. The quantitative estimate of drug-likeness (QED) is 0.0105. The summed E-state index contributed by atoms with van der Waals surface area (Å²) >= 11 is 10.00. The number of carbonyl (C=O) groups excluding carboxylic acids is 5. The highest BCUT2D eigenvalue weighted by Crippen LogP contribution is 2.36. The van der Waals surface area contributed by atoms with Gasteiger partial charge in [-0.3, -0.25) is 34.3 Å². The van der Waals surface area contributed by atoms with Crippen LogP contribution in [0.3, 0.4) is 0 Å². The molecule has 582 valence electrons. The molecule has 3 saturated carbocycles. The van der Waals surface area contributed by atoms with Crippen LogP contribution in [-0.4, -0.2) is 158 Å². The van der Waals surface area contributed by atoms with Gasteiger partial charge in [0.2, 0.25) is 30.0 Å². The van der Waals surface area contributed by atoms with E-state index in [0.717, 1.165) is 122 Å². The lowest BCUT2D eigenvalue weighted by Gasteiger charge is -2.19. The summed E-state index contributed by atoms with van der Waals surface area (Å²) in [6.45, 7) is 5.63. The fraction of sp³-hybridized carbons (Fsp3) is 0.385. The number of oxazole rings is 2. The molecule has 0 radical (unpaired) electrons. The van der Waals surface area contributed by atoms with Gasteiger partial charge in [0, 0.05) is 126 Å². The number of rotatable bonds is 18. The normalized spacial score (nSPS) is 16.6. The summed E-state index contributed by atoms with van der Waals surface area (Å²) in [7, 11) is 10.6. The topological polar surface area (TPSA) is 348 Å². The number of hydrogen-bond donors (Lipinski definition) is 7. The summed E-state index contributed by atoms with van der Waals surface area (Å²) in [5, 5.41) is 29.8. The average molecular weight is 1680 g/mol. The minimum Gasteiger partial charge on any atom is -0.443 e. The maximum atomic E-state index is 11.7. The van der Waals surface area contributed by atoms with E-state index in [4.69, 9.17) is 29.9 Å². The fourth-order valence-electron chi connectivity index (χ4n) is 11.5. The highest BCUT2D eigenvalue weighted by atomic mass is 79.9. The van der Waals surface area contributed by atoms with E-state index in [1.807, 2.05) is 168 Å². The van der Waals surface area contributed by atoms with Crippen molar-refractivity contribution < 1.29 is 43.7 Å². The Balaban J connectivity index is 0.000000282. The van der Waals surface area contributed by atoms with Gasteiger partial charge in [-0.15, -0.1) is 20.4 Å². The molecule has 6 atom stereocenters. The van der Waals surface area contributed by atoms with Crippen LogP contribution < -0.4 is 38.4 Å². The molecule has 30 heteroatoms. The van der Waals surface area contributed by atoms with Crippen LogP contribution in [-0.2, 0) is 23.9 Å². The number of carbonyl (C=O) groups is 5. The lowest BCUT2D eigenvalue weighted by molar-refractivity contribution is -0.179. The van der Waals surface area contributed by atoms with Gasteiger partial charge in [-0.2, -0.15) is 5.10 Å². The number of benzene rings is 6. The van der Waals surface area contributed by atoms with Crippen molar-refractivity contribution in [1.29, 1.82) is 0 Å². The second-order valence-electron chi connectivity index (χ2n) is 25.3. The summed E-state index contributed by atoms with van der Waals surface area (Å²) in [6, 6.07) is 47.3. The van der Waals surface area contributed by atoms with E-state index in [1.54, 1.807) is 68.2 Å². The van der Waals surface area contributed by atoms with Crippen molar-refractivity contribution in [2.45, 2.75) is 155 Å². The molecule has 4 aromatic heterocycles. The molecular weight excluding hydrogens is 1570 g/mol. The minimum absolute atomic E-state index is 0. The number of nitrogen functional groups attached to an aromatic ring is 1. The van der Waals surface area contributed by atoms with Gasteiger partial charge in [-0.25, -0.2) is 21.2 Å². The van der Waals surface area contributed by atoms with Crippen molar-refractivity contribution >= 4 is 106 Å². The first-order chi connectivity index (χ1) is 51.1. The number of nitrogens with one attached hydrogen (secondary N) is 5. The zero-order valence-corrected chi connectivity index (χ0v) is 65.8. The molecule has 0 bridgehead atoms. The first-order valence-corrected chi connectivity index (χ1v) is 37.2. The number of nitrogens with zero attached hydrogens (tertiary/aromatic N) is 11. The third-order valence-corrected chi connectivity index (χ3v) is 18.5. The number of hydrazone groups is 1. The van der Waals surface area contributed by atoms with Gasteiger partial charge in [-0.05, 0) is 169 Å². The summed E-state index contributed by atoms with van der Waals surface area (Å²) in [5.74, 6) is 7.14. The Morgan fingerprint density at radius 3 is 1.43 bits per heavy atom. The van der Waals surface area contributed by atoms with Gasteiger partial charge in [0.15, 0.2) is 29.2 Å². The van der Waals surface area contributed by atoms with Crippen LogP contribution in [0.5, 0.6) is 0 Å². The molecule has 5 amide bonds. The number of hydrogen-bond acceptors (Lipinski definition) is 19. The average Bonchev–Trinajstić information content (AvgIpc) is 1.67. The van der Waals surface area contributed by atoms with E-state index in [0.29, 0.717) is 54.4 Å². The number of para-hydroxylation sites is 4. The molecule has 13 rings (SSSR count). The molecule has 3 aliphatic rings. The molecule has 9 N–H and O–H groups in total. The number of nitrogens with two attached hydrogens (primary N) is 2. The fourth-order valence-corrected chi connectivity index (χ4v) is 12.3. The first kappa shape index (κ1) is 89.2. The number of amides is 5. The Morgan fingerprint density at radius 2 is 1.01 bits per heavy atom. The Kier molecular flexibility index (Phi) is 38.6. The highest BCUT2D eigenvalue weighted by Gasteiger charge is 2.30. The Labute approximate surface area is 659 Å². The molecule has 4 heterocycles. The number of ether oxygens (including phenoxy) is 2. The third kappa shape index (κ3) is 28.6. The van der Waals surface area contributed by atoms with Crippen molar-refractivity contribution in [3.63, 3.8) is 0 Å². The number of hydrazine groups is 1. The molecule has 0 aliphatic heterocycles. The summed E-state index contributed by atoms with van der Waals surface area (Å²) in [6.07, 6.45) is 16.9. The standard InChI is InChI=1S/C23H23N5O2.C16H19BrN4O.C10H12BrN3O.C8H16N2O.C7H7BrN2O.C7H5NO.C5H13NO2.2CH4.H2/c1-2-21(29)25-17-11-12-18(13-17)28-14-24-27-22(28)15-7-9-16(10-8-15)23-26-19-5-3-4-6-20(19)30-23;1-2-15(22)19-13-7-8-14(9-13)21-10-18-20-16(21)11-3-5-12(17)6-4-11;1-14(2)7-12-13-10(15)8-3-5-9(11)6-4-8;1-2-8(11)10-7-4-3-6(9)5-7;8-6-3-1-5(2-4-6)7(11)10-9;1-2-4-7-6(3-1)8-5-9-7;1-6(2)5(7-3)8-4;;;/h3-10,14,17-18H,2,11-13H2,1H3,(H,25,29);3-6,10,13-14H,2,7-9H2,1H3,(H,19,22);3-7H,1-2H3,(H,13,15);6-7H,2-5,9H2,1H3,(H,10,11);1-4H,9H2,(H,10,11);1-5H;5H,1-4H3;2*1H4;1H/b;;12-7+;;;;;;;/t17-,18+;13-,14+;;6-,7+;;;;;;/m00.1....../s1/i;;;;;;;;;1+1. The number of methoxy groups -OCH3 is 2. The molecule has 3 fully saturated rings. The maximum Gasteiger partial charge on any atom is 0.271 e. The van der Waals surface area contributed by atoms with Gasteiger partial charge in [0.25, 0.3) is 11.8 Å². The van der Waals surface area contributed by atoms with Crippen molar-refractivity contribution in [3.8, 4) is 34.2 Å². The smallest absolute Gasteiger partial charge is 0.271 e. The van der Waals surface area contributed by atoms with Crippen LogP contribution in [0.4, 0.5) is 0 Å². The summed E-state index contributed by atoms with van der Waals surface area (Å²) in [5.41, 5.74) is 17.7. The lowest BCUT2D eigenvalue weighted by Crippen LogP contribution is -2.33. The van der Waals surface area contributed by atoms with E-state index >= 15 is 0 Å². The van der Waals surface area contributed by atoms with E-state index in [1.165, 1.54) is 12.7 Å². The van der Waals surface area contributed by atoms with Gasteiger partial charge in [-0.1, -0.05) is 132 Å². The monoisotopic (exact) mass is 1680 g/mol. The van der Waals surface area contributed by atoms with E-state index in [9.17, 15) is 24.0 Å². The molecule has 10 aromatic rings. The van der Waals surface area contributed by atoms with Crippen molar-refractivity contribution in [1.82, 2.24) is 76.1 Å². The van der Waals surface area contributed by atoms with Crippen LogP contribution in [0.1, 0.15) is 147 Å². The van der Waals surface area contributed by atoms with Gasteiger partial charge in [0.1, 0.15) is 30.0 Å². The second kappa shape index (κ2) is 46.7. The van der Waals surface area contributed by atoms with E-state index < -0.39 is 0 Å². The first-order valence-electron chi connectivity index (χ1n) is 34.8. The zero-order valence-electron chi connectivity index (χ0n) is 61.1. The largest absolute Gasteiger partial charge is 0.443 e. The Morgan fingerprint density at radius 1 is 0.583 bits per heavy atom. The predicted octanol–water partition coefficient (Wildman–Crippen LogP) is 14.3. The molecule has 27 nitrogen and oxygen atoms in total. The van der Waals surface area contributed by atoms with Gasteiger partial charge in [0.05, 0.1) is 0 Å². The van der Waals surface area contributed by atoms with Crippen LogP contribution in [0, 0.1) is 0 Å². The molecule has 108 heavy (non-hydrogen) atoms. The molecule has 0 unspecified atom stereocenters. The molecule has 0 saturated heterocycles. The number of aromatic nitrogens is 8. The molecular formula is C78H105Br3N18O9. The van der Waals surface area contributed by atoms with Gasteiger partial charge >= 0.3 is 0 Å². The van der Waals surface area contributed by atoms with Crippen LogP contribution in [0.25, 0.3) is 56.4 Å². The second-order valence-corrected chi connectivity index (χ2v) is 28.0. The highest BCUT2D eigenvalue weighted by molar-refractivity contribution is 9.11. The number of halogens is 3. The summed E-state index contributed by atoms with van der Waals surface area (Å²) < 4.78 is 27.8.